The lowest BCUT2D eigenvalue weighted by Crippen LogP contribution is -2.27. The van der Waals surface area contributed by atoms with Gasteiger partial charge in [0.05, 0.1) is 11.1 Å². The molecule has 0 aliphatic heterocycles. The smallest absolute Gasteiger partial charge is 0.141 e. The molecule has 2 nitrogen and oxygen atoms in total. The summed E-state index contributed by atoms with van der Waals surface area (Å²) in [5.41, 5.74) is 0.905. The number of hydrogen-bond donors (Lipinski definition) is 2. The van der Waals surface area contributed by atoms with E-state index in [1.54, 1.807) is 19.1 Å². The molecule has 0 bridgehead atoms. The average molecular weight is 232 g/mol. The van der Waals surface area contributed by atoms with Gasteiger partial charge in [-0.25, -0.2) is 4.39 Å². The van der Waals surface area contributed by atoms with E-state index in [0.29, 0.717) is 6.54 Å². The van der Waals surface area contributed by atoms with E-state index in [4.69, 9.17) is 16.7 Å². The van der Waals surface area contributed by atoms with Gasteiger partial charge in [-0.2, -0.15) is 0 Å². The van der Waals surface area contributed by atoms with E-state index in [9.17, 15) is 4.39 Å². The molecule has 0 saturated carbocycles. The molecule has 0 fully saturated rings. The molecule has 1 aromatic rings. The molecule has 0 aliphatic carbocycles. The van der Waals surface area contributed by atoms with Gasteiger partial charge in [0.25, 0.3) is 0 Å². The molecule has 1 aromatic carbocycles. The van der Waals surface area contributed by atoms with Crippen LogP contribution in [0.1, 0.15) is 25.5 Å². The van der Waals surface area contributed by atoms with Gasteiger partial charge in [-0.05, 0) is 31.5 Å². The Bertz CT molecular complexity index is 330. The Morgan fingerprint density at radius 3 is 2.67 bits per heavy atom. The zero-order valence-electron chi connectivity index (χ0n) is 8.80. The summed E-state index contributed by atoms with van der Waals surface area (Å²) in [6.45, 7) is 4.14. The SMILES string of the molecule is C[C@@H](O)CN[C@H](C)c1ccc(F)c(Cl)c1. The molecule has 0 aromatic heterocycles. The van der Waals surface area contributed by atoms with Crippen molar-refractivity contribution in [2.45, 2.75) is 26.0 Å². The van der Waals surface area contributed by atoms with Crippen LogP contribution < -0.4 is 5.32 Å². The third kappa shape index (κ3) is 3.78. The van der Waals surface area contributed by atoms with Gasteiger partial charge in [0, 0.05) is 12.6 Å². The molecule has 0 spiro atoms. The number of aliphatic hydroxyl groups excluding tert-OH is 1. The molecule has 84 valence electrons. The Hall–Kier alpha value is -0.640. The maximum Gasteiger partial charge on any atom is 0.141 e. The Morgan fingerprint density at radius 1 is 1.47 bits per heavy atom. The summed E-state index contributed by atoms with van der Waals surface area (Å²) in [7, 11) is 0. The summed E-state index contributed by atoms with van der Waals surface area (Å²) < 4.78 is 12.9. The van der Waals surface area contributed by atoms with Crippen LogP contribution in [0.15, 0.2) is 18.2 Å². The van der Waals surface area contributed by atoms with E-state index in [1.807, 2.05) is 6.92 Å². The van der Waals surface area contributed by atoms with Crippen LogP contribution in [0, 0.1) is 5.82 Å². The third-order valence-corrected chi connectivity index (χ3v) is 2.45. The van der Waals surface area contributed by atoms with Crippen LogP contribution in [0.25, 0.3) is 0 Å². The highest BCUT2D eigenvalue weighted by molar-refractivity contribution is 6.30. The monoisotopic (exact) mass is 231 g/mol. The molecule has 1 rings (SSSR count). The number of rotatable bonds is 4. The lowest BCUT2D eigenvalue weighted by atomic mass is 10.1. The van der Waals surface area contributed by atoms with Crippen molar-refractivity contribution >= 4 is 11.6 Å². The molecule has 2 atom stereocenters. The highest BCUT2D eigenvalue weighted by Crippen LogP contribution is 2.20. The fraction of sp³-hybridized carbons (Fsp3) is 0.455. The van der Waals surface area contributed by atoms with E-state index >= 15 is 0 Å². The lowest BCUT2D eigenvalue weighted by Gasteiger charge is -2.15. The second-order valence-electron chi connectivity index (χ2n) is 3.65. The van der Waals surface area contributed by atoms with Crippen molar-refractivity contribution in [3.05, 3.63) is 34.6 Å². The topological polar surface area (TPSA) is 32.3 Å². The van der Waals surface area contributed by atoms with Crippen LogP contribution in [0.4, 0.5) is 4.39 Å². The molecule has 0 saturated heterocycles. The molecule has 15 heavy (non-hydrogen) atoms. The number of halogens is 2. The summed E-state index contributed by atoms with van der Waals surface area (Å²) in [5.74, 6) is -0.414. The van der Waals surface area contributed by atoms with Crippen LogP contribution >= 0.6 is 11.6 Å². The predicted molar refractivity (Wildman–Crippen MR) is 59.5 cm³/mol. The summed E-state index contributed by atoms with van der Waals surface area (Å²) in [6.07, 6.45) is -0.400. The largest absolute Gasteiger partial charge is 0.392 e. The van der Waals surface area contributed by atoms with Gasteiger partial charge in [-0.1, -0.05) is 17.7 Å². The third-order valence-electron chi connectivity index (χ3n) is 2.16. The van der Waals surface area contributed by atoms with Crippen LogP contribution in [0.5, 0.6) is 0 Å². The summed E-state index contributed by atoms with van der Waals surface area (Å²) in [5, 5.41) is 12.3. The standard InChI is InChI=1S/C11H15ClFNO/c1-7(15)6-14-8(2)9-3-4-11(13)10(12)5-9/h3-5,7-8,14-15H,6H2,1-2H3/t7-,8-/m1/s1. The summed E-state index contributed by atoms with van der Waals surface area (Å²) >= 11 is 5.67. The highest BCUT2D eigenvalue weighted by atomic mass is 35.5. The Balaban J connectivity index is 2.65. The highest BCUT2D eigenvalue weighted by Gasteiger charge is 2.08. The molecule has 0 amide bonds. The first-order chi connectivity index (χ1) is 7.00. The lowest BCUT2D eigenvalue weighted by molar-refractivity contribution is 0.187. The van der Waals surface area contributed by atoms with Crippen molar-refractivity contribution in [1.29, 1.82) is 0 Å². The Labute approximate surface area is 94.1 Å². The van der Waals surface area contributed by atoms with Crippen molar-refractivity contribution in [2.75, 3.05) is 6.54 Å². The number of benzene rings is 1. The van der Waals surface area contributed by atoms with Gasteiger partial charge in [-0.3, -0.25) is 0 Å². The first-order valence-electron chi connectivity index (χ1n) is 4.87. The summed E-state index contributed by atoms with van der Waals surface area (Å²) in [6, 6.07) is 4.66. The van der Waals surface area contributed by atoms with Gasteiger partial charge < -0.3 is 10.4 Å². The molecule has 0 aliphatic rings. The minimum Gasteiger partial charge on any atom is -0.392 e. The van der Waals surface area contributed by atoms with E-state index in [2.05, 4.69) is 5.32 Å². The zero-order chi connectivity index (χ0) is 11.4. The van der Waals surface area contributed by atoms with E-state index in [1.165, 1.54) is 6.07 Å². The van der Waals surface area contributed by atoms with E-state index in [-0.39, 0.29) is 11.1 Å². The van der Waals surface area contributed by atoms with Gasteiger partial charge in [0.2, 0.25) is 0 Å². The molecule has 2 N–H and O–H groups in total. The number of aliphatic hydroxyl groups is 1. The quantitative estimate of drug-likeness (QED) is 0.835. The molecule has 4 heteroatoms. The minimum atomic E-state index is -0.414. The van der Waals surface area contributed by atoms with Crippen LogP contribution in [0.3, 0.4) is 0 Å². The van der Waals surface area contributed by atoms with Gasteiger partial charge in [0.15, 0.2) is 0 Å². The molecular weight excluding hydrogens is 217 g/mol. The molecule has 0 radical (unpaired) electrons. The Morgan fingerprint density at radius 2 is 2.13 bits per heavy atom. The van der Waals surface area contributed by atoms with Crippen LogP contribution in [-0.4, -0.2) is 17.8 Å². The van der Waals surface area contributed by atoms with Crippen molar-refractivity contribution in [2.24, 2.45) is 0 Å². The maximum absolute atomic E-state index is 12.9. The maximum atomic E-state index is 12.9. The molecular formula is C11H15ClFNO. The zero-order valence-corrected chi connectivity index (χ0v) is 9.55. The predicted octanol–water partition coefficient (Wildman–Crippen LogP) is 2.51. The second kappa shape index (κ2) is 5.45. The first-order valence-corrected chi connectivity index (χ1v) is 5.25. The summed E-state index contributed by atoms with van der Waals surface area (Å²) in [4.78, 5) is 0. The van der Waals surface area contributed by atoms with E-state index in [0.717, 1.165) is 5.56 Å². The fourth-order valence-electron chi connectivity index (χ4n) is 1.25. The fourth-order valence-corrected chi connectivity index (χ4v) is 1.44. The molecule has 0 heterocycles. The van der Waals surface area contributed by atoms with Gasteiger partial charge in [-0.15, -0.1) is 0 Å². The van der Waals surface area contributed by atoms with E-state index < -0.39 is 11.9 Å². The van der Waals surface area contributed by atoms with Crippen molar-refractivity contribution in [1.82, 2.24) is 5.32 Å². The minimum absolute atomic E-state index is 0.0395. The molecule has 0 unspecified atom stereocenters. The number of hydrogen-bond acceptors (Lipinski definition) is 2. The average Bonchev–Trinajstić information content (AvgIpc) is 2.18. The number of nitrogens with one attached hydrogen (secondary N) is 1. The Kier molecular flexibility index (Phi) is 4.51. The normalized spacial score (nSPS) is 15.0. The van der Waals surface area contributed by atoms with Crippen molar-refractivity contribution in [3.63, 3.8) is 0 Å². The van der Waals surface area contributed by atoms with Gasteiger partial charge in [0.1, 0.15) is 5.82 Å². The van der Waals surface area contributed by atoms with Crippen molar-refractivity contribution < 1.29 is 9.50 Å². The van der Waals surface area contributed by atoms with Gasteiger partial charge >= 0.3 is 0 Å². The first kappa shape index (κ1) is 12.4. The van der Waals surface area contributed by atoms with Crippen molar-refractivity contribution in [3.8, 4) is 0 Å². The van der Waals surface area contributed by atoms with Crippen LogP contribution in [-0.2, 0) is 0 Å². The second-order valence-corrected chi connectivity index (χ2v) is 4.06. The van der Waals surface area contributed by atoms with Crippen LogP contribution in [0.2, 0.25) is 5.02 Å².